The van der Waals surface area contributed by atoms with E-state index in [1.165, 1.54) is 0 Å². The van der Waals surface area contributed by atoms with Crippen molar-refractivity contribution in [3.8, 4) is 0 Å². The zero-order valence-electron chi connectivity index (χ0n) is 9.32. The zero-order chi connectivity index (χ0) is 12.4. The number of hydrogen-bond donors (Lipinski definition) is 1. The lowest BCUT2D eigenvalue weighted by molar-refractivity contribution is 1.21. The van der Waals surface area contributed by atoms with Gasteiger partial charge in [0.2, 0.25) is 0 Å². The first kappa shape index (κ1) is 12.1. The first-order chi connectivity index (χ1) is 8.08. The lowest BCUT2D eigenvalue weighted by Gasteiger charge is -2.21. The van der Waals surface area contributed by atoms with Crippen LogP contribution in [0.4, 0.5) is 17.1 Å². The number of hydrogen-bond acceptors (Lipinski definition) is 2. The molecule has 0 saturated carbocycles. The van der Waals surface area contributed by atoms with Crippen LogP contribution in [0.3, 0.4) is 0 Å². The lowest BCUT2D eigenvalue weighted by atomic mass is 10.2. The second-order valence-electron chi connectivity index (χ2n) is 3.75. The number of nitrogens with two attached hydrogens (primary N) is 1. The maximum Gasteiger partial charge on any atom is 0.0644 e. The van der Waals surface area contributed by atoms with Crippen molar-refractivity contribution in [2.45, 2.75) is 0 Å². The molecule has 4 heteroatoms. The Balaban J connectivity index is 2.43. The van der Waals surface area contributed by atoms with Gasteiger partial charge in [0.25, 0.3) is 0 Å². The Kier molecular flexibility index (Phi) is 3.46. The number of benzene rings is 2. The molecule has 0 aliphatic carbocycles. The summed E-state index contributed by atoms with van der Waals surface area (Å²) < 4.78 is 0. The van der Waals surface area contributed by atoms with Gasteiger partial charge in [0.15, 0.2) is 0 Å². The molecule has 0 atom stereocenters. The largest absolute Gasteiger partial charge is 0.399 e. The molecule has 17 heavy (non-hydrogen) atoms. The highest BCUT2D eigenvalue weighted by Gasteiger charge is 2.08. The number of nitrogens with zero attached hydrogens (tertiary/aromatic N) is 1. The quantitative estimate of drug-likeness (QED) is 0.820. The molecule has 2 aromatic carbocycles. The molecule has 2 nitrogen and oxygen atoms in total. The van der Waals surface area contributed by atoms with Crippen molar-refractivity contribution in [2.75, 3.05) is 17.7 Å². The monoisotopic (exact) mass is 266 g/mol. The molecule has 0 radical (unpaired) electrons. The highest BCUT2D eigenvalue weighted by Crippen LogP contribution is 2.33. The molecule has 0 bridgehead atoms. The first-order valence-electron chi connectivity index (χ1n) is 5.12. The molecule has 0 fully saturated rings. The van der Waals surface area contributed by atoms with Gasteiger partial charge in [-0.25, -0.2) is 0 Å². The Morgan fingerprint density at radius 3 is 2.53 bits per heavy atom. The highest BCUT2D eigenvalue weighted by atomic mass is 35.5. The van der Waals surface area contributed by atoms with E-state index in [4.69, 9.17) is 28.9 Å². The number of halogens is 2. The van der Waals surface area contributed by atoms with E-state index in [2.05, 4.69) is 0 Å². The fraction of sp³-hybridized carbons (Fsp3) is 0.0769. The van der Waals surface area contributed by atoms with E-state index in [0.29, 0.717) is 15.7 Å². The fourth-order valence-electron chi connectivity index (χ4n) is 1.62. The van der Waals surface area contributed by atoms with Crippen molar-refractivity contribution in [1.29, 1.82) is 0 Å². The van der Waals surface area contributed by atoms with Crippen LogP contribution in [-0.2, 0) is 0 Å². The van der Waals surface area contributed by atoms with Gasteiger partial charge in [0.05, 0.1) is 10.7 Å². The van der Waals surface area contributed by atoms with Crippen LogP contribution in [0.5, 0.6) is 0 Å². The molecule has 0 aliphatic heterocycles. The van der Waals surface area contributed by atoms with Crippen molar-refractivity contribution in [3.63, 3.8) is 0 Å². The Bertz CT molecular complexity index is 541. The van der Waals surface area contributed by atoms with Gasteiger partial charge in [-0.3, -0.25) is 0 Å². The molecule has 88 valence electrons. The van der Waals surface area contributed by atoms with Gasteiger partial charge >= 0.3 is 0 Å². The molecule has 2 N–H and O–H groups in total. The van der Waals surface area contributed by atoms with E-state index in [-0.39, 0.29) is 0 Å². The molecule has 0 heterocycles. The van der Waals surface area contributed by atoms with Crippen LogP contribution in [0.25, 0.3) is 0 Å². The van der Waals surface area contributed by atoms with Gasteiger partial charge < -0.3 is 10.6 Å². The molecule has 0 saturated heterocycles. The molecular formula is C13H12Cl2N2. The third-order valence-corrected chi connectivity index (χ3v) is 3.08. The minimum absolute atomic E-state index is 0.652. The Labute approximate surface area is 111 Å². The minimum Gasteiger partial charge on any atom is -0.399 e. The Morgan fingerprint density at radius 1 is 1.06 bits per heavy atom. The molecule has 2 aromatic rings. The normalized spacial score (nSPS) is 10.3. The first-order valence-corrected chi connectivity index (χ1v) is 5.88. The van der Waals surface area contributed by atoms with Gasteiger partial charge in [0.1, 0.15) is 0 Å². The smallest absolute Gasteiger partial charge is 0.0644 e. The van der Waals surface area contributed by atoms with E-state index < -0.39 is 0 Å². The zero-order valence-corrected chi connectivity index (χ0v) is 10.8. The van der Waals surface area contributed by atoms with E-state index in [0.717, 1.165) is 11.4 Å². The van der Waals surface area contributed by atoms with Crippen LogP contribution in [0.1, 0.15) is 0 Å². The summed E-state index contributed by atoms with van der Waals surface area (Å²) in [5.41, 5.74) is 8.29. The van der Waals surface area contributed by atoms with Crippen molar-refractivity contribution in [1.82, 2.24) is 0 Å². The van der Waals surface area contributed by atoms with Crippen LogP contribution in [0, 0.1) is 0 Å². The van der Waals surface area contributed by atoms with Gasteiger partial charge in [-0.1, -0.05) is 29.3 Å². The van der Waals surface area contributed by atoms with Crippen LogP contribution in [0.2, 0.25) is 10.0 Å². The highest BCUT2D eigenvalue weighted by molar-refractivity contribution is 6.35. The van der Waals surface area contributed by atoms with Crippen LogP contribution >= 0.6 is 23.2 Å². The summed E-state index contributed by atoms with van der Waals surface area (Å²) in [6.07, 6.45) is 0. The van der Waals surface area contributed by atoms with Gasteiger partial charge in [-0.05, 0) is 36.4 Å². The summed E-state index contributed by atoms with van der Waals surface area (Å²) in [6, 6.07) is 13.0. The SMILES string of the molecule is CN(c1cccc(N)c1)c1cc(Cl)ccc1Cl. The summed E-state index contributed by atoms with van der Waals surface area (Å²) in [4.78, 5) is 1.95. The molecule has 0 unspecified atom stereocenters. The molecule has 0 amide bonds. The van der Waals surface area contributed by atoms with Gasteiger partial charge in [-0.2, -0.15) is 0 Å². The number of nitrogen functional groups attached to an aromatic ring is 1. The van der Waals surface area contributed by atoms with E-state index in [1.807, 2.05) is 42.3 Å². The standard InChI is InChI=1S/C13H12Cl2N2/c1-17(11-4-2-3-10(16)8-11)13-7-9(14)5-6-12(13)15/h2-8H,16H2,1H3. The molecular weight excluding hydrogens is 255 g/mol. The predicted molar refractivity (Wildman–Crippen MR) is 75.4 cm³/mol. The summed E-state index contributed by atoms with van der Waals surface area (Å²) in [5, 5.41) is 1.31. The Morgan fingerprint density at radius 2 is 1.82 bits per heavy atom. The maximum absolute atomic E-state index is 6.15. The van der Waals surface area contributed by atoms with E-state index in [9.17, 15) is 0 Å². The van der Waals surface area contributed by atoms with E-state index in [1.54, 1.807) is 12.1 Å². The second kappa shape index (κ2) is 4.86. The summed E-state index contributed by atoms with van der Waals surface area (Å²) in [6.45, 7) is 0. The summed E-state index contributed by atoms with van der Waals surface area (Å²) in [7, 11) is 1.92. The van der Waals surface area contributed by atoms with Crippen LogP contribution < -0.4 is 10.6 Å². The van der Waals surface area contributed by atoms with E-state index >= 15 is 0 Å². The Hall–Kier alpha value is -1.38. The topological polar surface area (TPSA) is 29.3 Å². The number of rotatable bonds is 2. The molecule has 0 aliphatic rings. The van der Waals surface area contributed by atoms with Crippen molar-refractivity contribution in [2.24, 2.45) is 0 Å². The third-order valence-electron chi connectivity index (χ3n) is 2.53. The van der Waals surface area contributed by atoms with Gasteiger partial charge in [0, 0.05) is 23.4 Å². The fourth-order valence-corrected chi connectivity index (χ4v) is 2.03. The van der Waals surface area contributed by atoms with Crippen molar-refractivity contribution >= 4 is 40.3 Å². The molecule has 2 rings (SSSR count). The maximum atomic E-state index is 6.15. The molecule has 0 spiro atoms. The second-order valence-corrected chi connectivity index (χ2v) is 4.59. The minimum atomic E-state index is 0.652. The predicted octanol–water partition coefficient (Wildman–Crippen LogP) is 4.34. The number of anilines is 3. The average molecular weight is 267 g/mol. The van der Waals surface area contributed by atoms with Crippen LogP contribution in [-0.4, -0.2) is 7.05 Å². The molecule has 0 aromatic heterocycles. The van der Waals surface area contributed by atoms with Crippen molar-refractivity contribution in [3.05, 3.63) is 52.5 Å². The summed E-state index contributed by atoms with van der Waals surface area (Å²) in [5.74, 6) is 0. The van der Waals surface area contributed by atoms with Crippen molar-refractivity contribution < 1.29 is 0 Å². The lowest BCUT2D eigenvalue weighted by Crippen LogP contribution is -2.10. The third kappa shape index (κ3) is 2.65. The average Bonchev–Trinajstić information content (AvgIpc) is 2.31. The van der Waals surface area contributed by atoms with Crippen LogP contribution in [0.15, 0.2) is 42.5 Å². The summed E-state index contributed by atoms with van der Waals surface area (Å²) >= 11 is 12.1. The van der Waals surface area contributed by atoms with Gasteiger partial charge in [-0.15, -0.1) is 0 Å².